The minimum absolute atomic E-state index is 0.0157. The van der Waals surface area contributed by atoms with Gasteiger partial charge in [0.25, 0.3) is 11.1 Å². The molecule has 1 aliphatic heterocycles. The molecule has 1 fully saturated rings. The van der Waals surface area contributed by atoms with Gasteiger partial charge in [-0.1, -0.05) is 6.07 Å². The van der Waals surface area contributed by atoms with Crippen LogP contribution in [0.15, 0.2) is 47.4 Å². The number of phenolic OH excluding ortho intramolecular Hbond substituents is 1. The molecule has 2 N–H and O–H groups in total. The molecule has 0 saturated carbocycles. The number of thioether (sulfide) groups is 1. The van der Waals surface area contributed by atoms with E-state index in [4.69, 9.17) is 9.47 Å². The number of hydrogen-bond acceptors (Lipinski definition) is 7. The molecular weight excluding hydrogens is 420 g/mol. The highest BCUT2D eigenvalue weighted by Gasteiger charge is 2.36. The highest BCUT2D eigenvalue weighted by molar-refractivity contribution is 8.18. The van der Waals surface area contributed by atoms with Crippen molar-refractivity contribution >= 4 is 40.6 Å². The summed E-state index contributed by atoms with van der Waals surface area (Å²) in [6.45, 7) is 4.18. The molecule has 0 bridgehead atoms. The van der Waals surface area contributed by atoms with Crippen LogP contribution in [0.4, 0.5) is 10.5 Å². The van der Waals surface area contributed by atoms with E-state index in [1.807, 2.05) is 6.92 Å². The van der Waals surface area contributed by atoms with Crippen LogP contribution in [0, 0.1) is 0 Å². The molecule has 162 valence electrons. The van der Waals surface area contributed by atoms with Crippen molar-refractivity contribution in [3.63, 3.8) is 0 Å². The first kappa shape index (κ1) is 22.2. The number of amides is 3. The summed E-state index contributed by atoms with van der Waals surface area (Å²) in [4.78, 5) is 38.3. The van der Waals surface area contributed by atoms with Gasteiger partial charge < -0.3 is 19.9 Å². The summed E-state index contributed by atoms with van der Waals surface area (Å²) < 4.78 is 10.7. The molecule has 3 amide bonds. The number of ether oxygens (including phenoxy) is 2. The van der Waals surface area contributed by atoms with Gasteiger partial charge in [0.15, 0.2) is 11.5 Å². The van der Waals surface area contributed by atoms with Crippen LogP contribution in [0.25, 0.3) is 6.08 Å². The zero-order valence-electron chi connectivity index (χ0n) is 17.1. The molecule has 2 aromatic carbocycles. The smallest absolute Gasteiger partial charge is 0.294 e. The van der Waals surface area contributed by atoms with Crippen molar-refractivity contribution in [3.05, 3.63) is 52.9 Å². The van der Waals surface area contributed by atoms with Gasteiger partial charge in [0, 0.05) is 5.69 Å². The van der Waals surface area contributed by atoms with Gasteiger partial charge in [-0.05, 0) is 73.6 Å². The fourth-order valence-corrected chi connectivity index (χ4v) is 3.66. The largest absolute Gasteiger partial charge is 0.504 e. The number of hydrogen-bond donors (Lipinski definition) is 2. The van der Waals surface area contributed by atoms with Crippen LogP contribution in [-0.2, 0) is 9.59 Å². The lowest BCUT2D eigenvalue weighted by Gasteiger charge is -2.12. The Morgan fingerprint density at radius 2 is 1.81 bits per heavy atom. The molecule has 9 heteroatoms. The molecule has 8 nitrogen and oxygen atoms in total. The number of carbonyl (C=O) groups excluding carboxylic acids is 3. The monoisotopic (exact) mass is 442 g/mol. The van der Waals surface area contributed by atoms with Gasteiger partial charge in [-0.3, -0.25) is 19.3 Å². The molecule has 0 spiro atoms. The number of nitrogens with zero attached hydrogens (tertiary/aromatic N) is 1. The summed E-state index contributed by atoms with van der Waals surface area (Å²) in [5.74, 6) is -0.0968. The van der Waals surface area contributed by atoms with Crippen molar-refractivity contribution in [2.45, 2.75) is 13.8 Å². The molecule has 1 aliphatic rings. The first-order chi connectivity index (χ1) is 14.9. The highest BCUT2D eigenvalue weighted by atomic mass is 32.2. The van der Waals surface area contributed by atoms with Gasteiger partial charge >= 0.3 is 0 Å². The average Bonchev–Trinajstić information content (AvgIpc) is 2.99. The number of aromatic hydroxyl groups is 1. The second-order valence-electron chi connectivity index (χ2n) is 6.43. The molecule has 31 heavy (non-hydrogen) atoms. The van der Waals surface area contributed by atoms with Crippen LogP contribution in [-0.4, -0.2) is 46.8 Å². The van der Waals surface area contributed by atoms with E-state index in [1.54, 1.807) is 43.3 Å². The Morgan fingerprint density at radius 1 is 1.10 bits per heavy atom. The summed E-state index contributed by atoms with van der Waals surface area (Å²) in [5.41, 5.74) is 1.12. The fraction of sp³-hybridized carbons (Fsp3) is 0.227. The number of benzene rings is 2. The van der Waals surface area contributed by atoms with Crippen molar-refractivity contribution in [1.82, 2.24) is 4.90 Å². The van der Waals surface area contributed by atoms with Crippen molar-refractivity contribution in [1.29, 1.82) is 0 Å². The zero-order valence-corrected chi connectivity index (χ0v) is 17.9. The molecule has 1 heterocycles. The molecule has 0 atom stereocenters. The number of carbonyl (C=O) groups is 3. The second kappa shape index (κ2) is 10.0. The normalized spacial score (nSPS) is 14.8. The minimum atomic E-state index is -0.553. The lowest BCUT2D eigenvalue weighted by molar-refractivity contribution is -0.127. The predicted molar refractivity (Wildman–Crippen MR) is 118 cm³/mol. The summed E-state index contributed by atoms with van der Waals surface area (Å²) in [7, 11) is 0. The molecule has 0 aliphatic carbocycles. The Balaban J connectivity index is 1.66. The van der Waals surface area contributed by atoms with Crippen LogP contribution >= 0.6 is 11.8 Å². The molecule has 3 rings (SSSR count). The van der Waals surface area contributed by atoms with Crippen LogP contribution in [0.1, 0.15) is 19.4 Å². The maximum absolute atomic E-state index is 12.6. The second-order valence-corrected chi connectivity index (χ2v) is 7.43. The van der Waals surface area contributed by atoms with Crippen LogP contribution in [0.2, 0.25) is 0 Å². The van der Waals surface area contributed by atoms with Gasteiger partial charge in [-0.15, -0.1) is 0 Å². The number of anilines is 1. The third kappa shape index (κ3) is 5.58. The number of phenols is 1. The van der Waals surface area contributed by atoms with Crippen molar-refractivity contribution in [2.75, 3.05) is 25.1 Å². The molecule has 1 saturated heterocycles. The Labute approximate surface area is 183 Å². The van der Waals surface area contributed by atoms with E-state index in [1.165, 1.54) is 12.1 Å². The van der Waals surface area contributed by atoms with Gasteiger partial charge in [0.2, 0.25) is 5.91 Å². The van der Waals surface area contributed by atoms with E-state index < -0.39 is 23.6 Å². The lowest BCUT2D eigenvalue weighted by Crippen LogP contribution is -2.36. The van der Waals surface area contributed by atoms with Crippen LogP contribution in [0.5, 0.6) is 17.2 Å². The Morgan fingerprint density at radius 3 is 2.48 bits per heavy atom. The predicted octanol–water partition coefficient (Wildman–Crippen LogP) is 3.86. The summed E-state index contributed by atoms with van der Waals surface area (Å²) in [6.07, 6.45) is 1.53. The van der Waals surface area contributed by atoms with E-state index in [-0.39, 0.29) is 16.4 Å². The number of rotatable bonds is 8. The van der Waals surface area contributed by atoms with E-state index in [0.29, 0.717) is 30.2 Å². The fourth-order valence-electron chi connectivity index (χ4n) is 2.82. The van der Waals surface area contributed by atoms with Crippen LogP contribution in [0.3, 0.4) is 0 Å². The van der Waals surface area contributed by atoms with E-state index >= 15 is 0 Å². The Bertz CT molecular complexity index is 1020. The zero-order chi connectivity index (χ0) is 22.4. The molecule has 0 unspecified atom stereocenters. The maximum atomic E-state index is 12.6. The van der Waals surface area contributed by atoms with Crippen LogP contribution < -0.4 is 14.8 Å². The summed E-state index contributed by atoms with van der Waals surface area (Å²) in [5, 5.41) is 11.9. The third-order valence-electron chi connectivity index (χ3n) is 4.21. The first-order valence-corrected chi connectivity index (χ1v) is 10.5. The van der Waals surface area contributed by atoms with Crippen molar-refractivity contribution < 1.29 is 29.0 Å². The summed E-state index contributed by atoms with van der Waals surface area (Å²) >= 11 is 0.754. The first-order valence-electron chi connectivity index (χ1n) is 9.65. The Kier molecular flexibility index (Phi) is 7.19. The SMILES string of the molecule is CCOc1ccc(NC(=O)CN2C(=O)S/C(=C/c3ccc(O)c(OCC)c3)C2=O)cc1. The van der Waals surface area contributed by atoms with E-state index in [9.17, 15) is 19.5 Å². The number of nitrogens with one attached hydrogen (secondary N) is 1. The molecule has 0 aromatic heterocycles. The molecule has 2 aromatic rings. The van der Waals surface area contributed by atoms with Crippen molar-refractivity contribution in [2.24, 2.45) is 0 Å². The average molecular weight is 442 g/mol. The van der Waals surface area contributed by atoms with Crippen molar-refractivity contribution in [3.8, 4) is 17.2 Å². The van der Waals surface area contributed by atoms with Gasteiger partial charge in [0.05, 0.1) is 18.1 Å². The van der Waals surface area contributed by atoms with E-state index in [2.05, 4.69) is 5.32 Å². The maximum Gasteiger partial charge on any atom is 0.294 e. The lowest BCUT2D eigenvalue weighted by atomic mass is 10.2. The summed E-state index contributed by atoms with van der Waals surface area (Å²) in [6, 6.07) is 11.4. The van der Waals surface area contributed by atoms with Gasteiger partial charge in [-0.2, -0.15) is 0 Å². The quantitative estimate of drug-likeness (QED) is 0.598. The topological polar surface area (TPSA) is 105 Å². The highest BCUT2D eigenvalue weighted by Crippen LogP contribution is 2.34. The third-order valence-corrected chi connectivity index (χ3v) is 5.11. The standard InChI is InChI=1S/C22H22N2O6S/c1-3-29-16-8-6-15(7-9-16)23-20(26)13-24-21(27)19(31-22(24)28)12-14-5-10-17(25)18(11-14)30-4-2/h5-12,25H,3-4,13H2,1-2H3,(H,23,26)/b19-12+. The van der Waals surface area contributed by atoms with Gasteiger partial charge in [-0.25, -0.2) is 0 Å². The van der Waals surface area contributed by atoms with Gasteiger partial charge in [0.1, 0.15) is 12.3 Å². The number of imide groups is 1. The minimum Gasteiger partial charge on any atom is -0.504 e. The van der Waals surface area contributed by atoms with E-state index in [0.717, 1.165) is 16.7 Å². The molecular formula is C22H22N2O6S. The molecule has 0 radical (unpaired) electrons. The Hall–Kier alpha value is -3.46.